The van der Waals surface area contributed by atoms with Gasteiger partial charge in [-0.15, -0.1) is 0 Å². The predicted octanol–water partition coefficient (Wildman–Crippen LogP) is -3.57. The van der Waals surface area contributed by atoms with Crippen molar-refractivity contribution in [3.05, 3.63) is 12.0 Å². The average molecular weight is 274 g/mol. The molecule has 1 amide bonds. The first-order valence-corrected chi connectivity index (χ1v) is 5.38. The molecule has 19 heavy (non-hydrogen) atoms. The molecule has 1 aromatic heterocycles. The summed E-state index contributed by atoms with van der Waals surface area (Å²) in [6.07, 6.45) is -3.92. The Morgan fingerprint density at radius 3 is 2.74 bits per heavy atom. The average Bonchev–Trinajstić information content (AvgIpc) is 2.85. The third kappa shape index (κ3) is 2.33. The first-order valence-electron chi connectivity index (χ1n) is 5.38. The molecule has 1 aliphatic rings. The summed E-state index contributed by atoms with van der Waals surface area (Å²) in [6, 6.07) is 0. The molecule has 1 aliphatic heterocycles. The molecule has 0 aromatic carbocycles. The van der Waals surface area contributed by atoms with E-state index in [1.807, 2.05) is 0 Å². The summed E-state index contributed by atoms with van der Waals surface area (Å²) < 4.78 is 5.91. The van der Waals surface area contributed by atoms with E-state index in [0.29, 0.717) is 0 Å². The maximum Gasteiger partial charge on any atom is 0.272 e. The molecular weight excluding hydrogens is 260 g/mol. The predicted molar refractivity (Wildman–Crippen MR) is 59.5 cm³/mol. The largest absolute Gasteiger partial charge is 0.394 e. The van der Waals surface area contributed by atoms with Gasteiger partial charge in [0.15, 0.2) is 11.5 Å². The standard InChI is InChI=1S/C9H14N4O6/c10-7-4(8(11)17)13(2-12-7)19-9-6(16)5(15)3(1-14)18-9/h2-3,5-6,9,14-16H,1,10H2,(H2,11,17)/t3-,5-,6-,9-/m1/s1. The minimum Gasteiger partial charge on any atom is -0.394 e. The molecule has 0 radical (unpaired) electrons. The highest BCUT2D eigenvalue weighted by atomic mass is 16.8. The number of hydrogen-bond donors (Lipinski definition) is 5. The minimum absolute atomic E-state index is 0.140. The van der Waals surface area contributed by atoms with Gasteiger partial charge in [0.1, 0.15) is 24.6 Å². The summed E-state index contributed by atoms with van der Waals surface area (Å²) in [5.74, 6) is -1.01. The summed E-state index contributed by atoms with van der Waals surface area (Å²) in [5, 5.41) is 28.1. The molecule has 10 nitrogen and oxygen atoms in total. The Hall–Kier alpha value is -1.88. The van der Waals surface area contributed by atoms with Crippen molar-refractivity contribution in [2.45, 2.75) is 24.6 Å². The Labute approximate surface area is 107 Å². The second-order valence-electron chi connectivity index (χ2n) is 3.98. The van der Waals surface area contributed by atoms with Gasteiger partial charge in [0.2, 0.25) is 0 Å². The number of carbonyl (C=O) groups excluding carboxylic acids is 1. The van der Waals surface area contributed by atoms with Crippen molar-refractivity contribution < 1.29 is 29.7 Å². The lowest BCUT2D eigenvalue weighted by Crippen LogP contribution is -2.39. The van der Waals surface area contributed by atoms with Crippen LogP contribution in [0, 0.1) is 0 Å². The van der Waals surface area contributed by atoms with Gasteiger partial charge in [-0.3, -0.25) is 4.79 Å². The van der Waals surface area contributed by atoms with Gasteiger partial charge in [0.25, 0.3) is 12.2 Å². The second-order valence-corrected chi connectivity index (χ2v) is 3.98. The number of aliphatic hydroxyl groups is 3. The number of nitrogens with zero attached hydrogens (tertiary/aromatic N) is 2. The number of nitrogen functional groups attached to an aromatic ring is 1. The van der Waals surface area contributed by atoms with Crippen LogP contribution in [0.4, 0.5) is 5.82 Å². The van der Waals surface area contributed by atoms with Crippen LogP contribution in [0.15, 0.2) is 6.33 Å². The highest BCUT2D eigenvalue weighted by Crippen LogP contribution is 2.21. The number of carbonyl (C=O) groups is 1. The number of ether oxygens (including phenoxy) is 1. The van der Waals surface area contributed by atoms with E-state index in [1.165, 1.54) is 0 Å². The van der Waals surface area contributed by atoms with Gasteiger partial charge >= 0.3 is 0 Å². The first-order chi connectivity index (χ1) is 8.95. The van der Waals surface area contributed by atoms with Crippen molar-refractivity contribution in [1.29, 1.82) is 0 Å². The molecule has 0 unspecified atom stereocenters. The third-order valence-electron chi connectivity index (χ3n) is 2.71. The Balaban J connectivity index is 2.16. The van der Waals surface area contributed by atoms with Crippen molar-refractivity contribution in [2.75, 3.05) is 12.3 Å². The van der Waals surface area contributed by atoms with Crippen LogP contribution in [0.5, 0.6) is 0 Å². The normalized spacial score (nSPS) is 30.5. The Morgan fingerprint density at radius 1 is 1.53 bits per heavy atom. The van der Waals surface area contributed by atoms with Crippen LogP contribution in [-0.4, -0.2) is 62.1 Å². The van der Waals surface area contributed by atoms with E-state index in [1.54, 1.807) is 0 Å². The summed E-state index contributed by atoms with van der Waals surface area (Å²) in [4.78, 5) is 19.9. The SMILES string of the molecule is NC(=O)c1c(N)ncn1O[C@H]1O[C@H](CO)[C@@H](O)[C@H]1O. The molecule has 1 aromatic rings. The number of aliphatic hydroxyl groups excluding tert-OH is 3. The van der Waals surface area contributed by atoms with Crippen LogP contribution in [0.1, 0.15) is 10.5 Å². The monoisotopic (exact) mass is 274 g/mol. The fourth-order valence-electron chi connectivity index (χ4n) is 1.73. The molecule has 0 bridgehead atoms. The topological polar surface area (TPSA) is 166 Å². The van der Waals surface area contributed by atoms with E-state index >= 15 is 0 Å². The number of hydrogen-bond acceptors (Lipinski definition) is 8. The summed E-state index contributed by atoms with van der Waals surface area (Å²) in [6.45, 7) is -0.493. The van der Waals surface area contributed by atoms with Crippen molar-refractivity contribution in [1.82, 2.24) is 9.71 Å². The fourth-order valence-corrected chi connectivity index (χ4v) is 1.73. The molecule has 0 aliphatic carbocycles. The van der Waals surface area contributed by atoms with E-state index in [0.717, 1.165) is 11.1 Å². The van der Waals surface area contributed by atoms with Gasteiger partial charge in [-0.05, 0) is 0 Å². The van der Waals surface area contributed by atoms with Crippen molar-refractivity contribution in [3.63, 3.8) is 0 Å². The maximum atomic E-state index is 11.2. The van der Waals surface area contributed by atoms with Gasteiger partial charge in [0.05, 0.1) is 6.61 Å². The molecule has 1 saturated heterocycles. The van der Waals surface area contributed by atoms with E-state index < -0.39 is 37.1 Å². The van der Waals surface area contributed by atoms with Gasteiger partial charge in [0, 0.05) is 0 Å². The number of aromatic nitrogens is 2. The van der Waals surface area contributed by atoms with E-state index in [2.05, 4.69) is 4.98 Å². The van der Waals surface area contributed by atoms with Crippen molar-refractivity contribution >= 4 is 11.7 Å². The molecule has 106 valence electrons. The molecule has 4 atom stereocenters. The molecule has 0 saturated carbocycles. The fraction of sp³-hybridized carbons (Fsp3) is 0.556. The highest BCUT2D eigenvalue weighted by Gasteiger charge is 2.44. The van der Waals surface area contributed by atoms with Gasteiger partial charge < -0.3 is 36.4 Å². The van der Waals surface area contributed by atoms with Crippen LogP contribution in [0.2, 0.25) is 0 Å². The zero-order valence-electron chi connectivity index (χ0n) is 9.71. The van der Waals surface area contributed by atoms with E-state index in [-0.39, 0.29) is 11.5 Å². The summed E-state index contributed by atoms with van der Waals surface area (Å²) in [5.41, 5.74) is 10.3. The van der Waals surface area contributed by atoms with Crippen LogP contribution >= 0.6 is 0 Å². The summed E-state index contributed by atoms with van der Waals surface area (Å²) in [7, 11) is 0. The number of imidazole rings is 1. The Bertz CT molecular complexity index is 477. The molecule has 7 N–H and O–H groups in total. The number of rotatable bonds is 4. The van der Waals surface area contributed by atoms with Gasteiger partial charge in [-0.2, -0.15) is 4.73 Å². The Kier molecular flexibility index (Phi) is 3.57. The lowest BCUT2D eigenvalue weighted by atomic mass is 10.1. The van der Waals surface area contributed by atoms with Gasteiger partial charge in [-0.1, -0.05) is 0 Å². The zero-order valence-corrected chi connectivity index (χ0v) is 9.71. The summed E-state index contributed by atoms with van der Waals surface area (Å²) >= 11 is 0. The number of amides is 1. The van der Waals surface area contributed by atoms with E-state index in [9.17, 15) is 15.0 Å². The van der Waals surface area contributed by atoms with E-state index in [4.69, 9.17) is 26.1 Å². The molecule has 2 heterocycles. The van der Waals surface area contributed by atoms with Crippen molar-refractivity contribution in [3.8, 4) is 0 Å². The molecule has 0 spiro atoms. The first kappa shape index (κ1) is 13.5. The van der Waals surface area contributed by atoms with Crippen LogP contribution in [0.3, 0.4) is 0 Å². The molecule has 10 heteroatoms. The lowest BCUT2D eigenvalue weighted by molar-refractivity contribution is -0.171. The molecule has 1 fully saturated rings. The smallest absolute Gasteiger partial charge is 0.272 e. The Morgan fingerprint density at radius 2 is 2.21 bits per heavy atom. The molecular formula is C9H14N4O6. The van der Waals surface area contributed by atoms with Crippen LogP contribution in [-0.2, 0) is 4.74 Å². The van der Waals surface area contributed by atoms with Crippen LogP contribution in [0.25, 0.3) is 0 Å². The second kappa shape index (κ2) is 5.01. The number of anilines is 1. The molecule has 2 rings (SSSR count). The van der Waals surface area contributed by atoms with Crippen LogP contribution < -0.4 is 16.3 Å². The minimum atomic E-state index is -1.40. The maximum absolute atomic E-state index is 11.2. The highest BCUT2D eigenvalue weighted by molar-refractivity contribution is 5.95. The third-order valence-corrected chi connectivity index (χ3v) is 2.71. The zero-order chi connectivity index (χ0) is 14.2. The van der Waals surface area contributed by atoms with Gasteiger partial charge in [-0.25, -0.2) is 4.98 Å². The quantitative estimate of drug-likeness (QED) is 0.376. The lowest BCUT2D eigenvalue weighted by Gasteiger charge is -2.17. The van der Waals surface area contributed by atoms with Crippen molar-refractivity contribution in [2.24, 2.45) is 5.73 Å². The number of primary amides is 1. The number of nitrogens with two attached hydrogens (primary N) is 2.